The molecule has 0 radical (unpaired) electrons. The number of aliphatic hydroxyl groups is 1. The summed E-state index contributed by atoms with van der Waals surface area (Å²) in [7, 11) is 0. The molecule has 0 aromatic carbocycles. The molecular weight excluding hydrogens is 152 g/mol. The Morgan fingerprint density at radius 2 is 2.00 bits per heavy atom. The maximum Gasteiger partial charge on any atom is 0.129 e. The van der Waals surface area contributed by atoms with E-state index in [0.717, 1.165) is 19.3 Å². The van der Waals surface area contributed by atoms with Crippen LogP contribution in [0.5, 0.6) is 0 Å². The van der Waals surface area contributed by atoms with Gasteiger partial charge in [0.25, 0.3) is 0 Å². The van der Waals surface area contributed by atoms with Crippen molar-refractivity contribution in [3.63, 3.8) is 0 Å². The fraction of sp³-hybridized carbons (Fsp3) is 0.900. The van der Waals surface area contributed by atoms with Crippen LogP contribution in [0.4, 0.5) is 0 Å². The number of carbonyl (C=O) groups is 1. The Morgan fingerprint density at radius 1 is 1.42 bits per heavy atom. The lowest BCUT2D eigenvalue weighted by Crippen LogP contribution is -2.22. The number of rotatable bonds is 4. The summed E-state index contributed by atoms with van der Waals surface area (Å²) in [4.78, 5) is 10.8. The first-order valence-electron chi connectivity index (χ1n) is 4.79. The van der Waals surface area contributed by atoms with Gasteiger partial charge in [0.1, 0.15) is 5.78 Å². The largest absolute Gasteiger partial charge is 0.396 e. The first-order chi connectivity index (χ1) is 5.68. The van der Waals surface area contributed by atoms with E-state index in [1.807, 2.05) is 0 Å². The van der Waals surface area contributed by atoms with E-state index in [-0.39, 0.29) is 17.8 Å². The van der Waals surface area contributed by atoms with Crippen LogP contribution in [0.3, 0.4) is 0 Å². The predicted molar refractivity (Wildman–Crippen MR) is 47.9 cm³/mol. The average Bonchev–Trinajstić information content (AvgIpc) is 2.50. The second-order valence-corrected chi connectivity index (χ2v) is 4.07. The topological polar surface area (TPSA) is 37.3 Å². The van der Waals surface area contributed by atoms with Gasteiger partial charge in [-0.25, -0.2) is 0 Å². The standard InChI is InChI=1S/C10H18O2/c1-9(12)4-7-10(8-11)5-2-3-6-10/h11H,2-8H2,1H3. The van der Waals surface area contributed by atoms with Crippen LogP contribution in [0, 0.1) is 5.41 Å². The normalized spacial score (nSPS) is 21.2. The SMILES string of the molecule is CC(=O)CCC1(CO)CCCC1. The van der Waals surface area contributed by atoms with Gasteiger partial charge < -0.3 is 9.90 Å². The molecule has 0 aromatic rings. The molecule has 0 atom stereocenters. The molecule has 0 aliphatic heterocycles. The lowest BCUT2D eigenvalue weighted by atomic mass is 9.82. The molecule has 1 rings (SSSR count). The van der Waals surface area contributed by atoms with Crippen molar-refractivity contribution in [1.29, 1.82) is 0 Å². The molecular formula is C10H18O2. The third-order valence-corrected chi connectivity index (χ3v) is 3.01. The zero-order valence-electron chi connectivity index (χ0n) is 7.81. The van der Waals surface area contributed by atoms with Crippen molar-refractivity contribution in [2.75, 3.05) is 6.61 Å². The van der Waals surface area contributed by atoms with Crippen molar-refractivity contribution in [2.45, 2.75) is 45.4 Å². The highest BCUT2D eigenvalue weighted by atomic mass is 16.3. The molecule has 2 nitrogen and oxygen atoms in total. The molecule has 0 aromatic heterocycles. The lowest BCUT2D eigenvalue weighted by Gasteiger charge is -2.25. The van der Waals surface area contributed by atoms with Crippen LogP contribution in [-0.2, 0) is 4.79 Å². The van der Waals surface area contributed by atoms with Gasteiger partial charge >= 0.3 is 0 Å². The van der Waals surface area contributed by atoms with E-state index >= 15 is 0 Å². The van der Waals surface area contributed by atoms with Gasteiger partial charge in [-0.3, -0.25) is 0 Å². The van der Waals surface area contributed by atoms with Gasteiger partial charge in [-0.1, -0.05) is 12.8 Å². The van der Waals surface area contributed by atoms with Crippen molar-refractivity contribution in [1.82, 2.24) is 0 Å². The summed E-state index contributed by atoms with van der Waals surface area (Å²) >= 11 is 0. The molecule has 0 bridgehead atoms. The van der Waals surface area contributed by atoms with Gasteiger partial charge in [0.15, 0.2) is 0 Å². The van der Waals surface area contributed by atoms with Crippen LogP contribution in [0.1, 0.15) is 45.4 Å². The minimum Gasteiger partial charge on any atom is -0.396 e. The fourth-order valence-electron chi connectivity index (χ4n) is 2.05. The quantitative estimate of drug-likeness (QED) is 0.699. The summed E-state index contributed by atoms with van der Waals surface area (Å²) in [6, 6.07) is 0. The van der Waals surface area contributed by atoms with Crippen LogP contribution in [0.25, 0.3) is 0 Å². The highest BCUT2D eigenvalue weighted by Crippen LogP contribution is 2.41. The molecule has 2 heteroatoms. The Labute approximate surface area is 74.0 Å². The van der Waals surface area contributed by atoms with Gasteiger partial charge in [0.2, 0.25) is 0 Å². The molecule has 1 N–H and O–H groups in total. The van der Waals surface area contributed by atoms with Crippen molar-refractivity contribution in [3.8, 4) is 0 Å². The third kappa shape index (κ3) is 2.31. The highest BCUT2D eigenvalue weighted by Gasteiger charge is 2.32. The number of carbonyl (C=O) groups excluding carboxylic acids is 1. The molecule has 1 saturated carbocycles. The van der Waals surface area contributed by atoms with Crippen LogP contribution >= 0.6 is 0 Å². The minimum absolute atomic E-state index is 0.103. The Morgan fingerprint density at radius 3 is 2.42 bits per heavy atom. The first-order valence-corrected chi connectivity index (χ1v) is 4.79. The highest BCUT2D eigenvalue weighted by molar-refractivity contribution is 5.75. The van der Waals surface area contributed by atoms with Crippen molar-refractivity contribution in [2.24, 2.45) is 5.41 Å². The van der Waals surface area contributed by atoms with E-state index in [4.69, 9.17) is 0 Å². The van der Waals surface area contributed by atoms with E-state index in [9.17, 15) is 9.90 Å². The number of aliphatic hydroxyl groups excluding tert-OH is 1. The van der Waals surface area contributed by atoms with E-state index in [1.54, 1.807) is 6.92 Å². The maximum absolute atomic E-state index is 10.8. The van der Waals surface area contributed by atoms with Gasteiger partial charge in [0, 0.05) is 13.0 Å². The molecule has 0 unspecified atom stereocenters. The molecule has 0 amide bonds. The monoisotopic (exact) mass is 170 g/mol. The maximum atomic E-state index is 10.8. The van der Waals surface area contributed by atoms with E-state index < -0.39 is 0 Å². The van der Waals surface area contributed by atoms with Crippen molar-refractivity contribution < 1.29 is 9.90 Å². The third-order valence-electron chi connectivity index (χ3n) is 3.01. The summed E-state index contributed by atoms with van der Waals surface area (Å²) in [5, 5.41) is 9.22. The van der Waals surface area contributed by atoms with Crippen molar-refractivity contribution >= 4 is 5.78 Å². The van der Waals surface area contributed by atoms with Gasteiger partial charge in [-0.15, -0.1) is 0 Å². The molecule has 0 heterocycles. The van der Waals surface area contributed by atoms with Crippen LogP contribution in [-0.4, -0.2) is 17.5 Å². The van der Waals surface area contributed by atoms with Gasteiger partial charge in [-0.2, -0.15) is 0 Å². The second-order valence-electron chi connectivity index (χ2n) is 4.07. The lowest BCUT2D eigenvalue weighted by molar-refractivity contribution is -0.117. The number of Topliss-reactive ketones (excluding diaryl/α,β-unsaturated/α-hetero) is 1. The minimum atomic E-state index is 0.103. The fourth-order valence-corrected chi connectivity index (χ4v) is 2.05. The van der Waals surface area contributed by atoms with E-state index in [0.29, 0.717) is 6.42 Å². The number of hydrogen-bond acceptors (Lipinski definition) is 2. The Hall–Kier alpha value is -0.370. The molecule has 12 heavy (non-hydrogen) atoms. The van der Waals surface area contributed by atoms with Crippen LogP contribution in [0.2, 0.25) is 0 Å². The Kier molecular flexibility index (Phi) is 3.27. The predicted octanol–water partition coefficient (Wildman–Crippen LogP) is 1.91. The van der Waals surface area contributed by atoms with Gasteiger partial charge in [0.05, 0.1) is 0 Å². The zero-order chi connectivity index (χ0) is 9.03. The van der Waals surface area contributed by atoms with Crippen LogP contribution < -0.4 is 0 Å². The summed E-state index contributed by atoms with van der Waals surface area (Å²) in [5.41, 5.74) is 0.103. The molecule has 1 fully saturated rings. The number of hydrogen-bond donors (Lipinski definition) is 1. The summed E-state index contributed by atoms with van der Waals surface area (Å²) in [5.74, 6) is 0.245. The van der Waals surface area contributed by atoms with Crippen molar-refractivity contribution in [3.05, 3.63) is 0 Å². The Balaban J connectivity index is 2.39. The first kappa shape index (κ1) is 9.72. The smallest absolute Gasteiger partial charge is 0.129 e. The second kappa shape index (κ2) is 4.04. The molecule has 1 aliphatic rings. The van der Waals surface area contributed by atoms with E-state index in [2.05, 4.69) is 0 Å². The van der Waals surface area contributed by atoms with E-state index in [1.165, 1.54) is 12.8 Å². The molecule has 0 saturated heterocycles. The Bertz CT molecular complexity index is 157. The number of ketones is 1. The molecule has 70 valence electrons. The molecule has 1 aliphatic carbocycles. The zero-order valence-corrected chi connectivity index (χ0v) is 7.81. The molecule has 0 spiro atoms. The average molecular weight is 170 g/mol. The van der Waals surface area contributed by atoms with Crippen LogP contribution in [0.15, 0.2) is 0 Å². The summed E-state index contributed by atoms with van der Waals surface area (Å²) in [6.07, 6.45) is 6.18. The van der Waals surface area contributed by atoms with Gasteiger partial charge in [-0.05, 0) is 31.6 Å². The summed E-state index contributed by atoms with van der Waals surface area (Å²) < 4.78 is 0. The summed E-state index contributed by atoms with van der Waals surface area (Å²) in [6.45, 7) is 1.89.